The zero-order chi connectivity index (χ0) is 9.84. The summed E-state index contributed by atoms with van der Waals surface area (Å²) in [4.78, 5) is 13.7. The Balaban J connectivity index is 2.50. The predicted octanol–water partition coefficient (Wildman–Crippen LogP) is 2.43. The minimum absolute atomic E-state index is 0.349. The van der Waals surface area contributed by atoms with Gasteiger partial charge >= 0.3 is 0 Å². The van der Waals surface area contributed by atoms with Gasteiger partial charge < -0.3 is 4.90 Å². The first-order valence-electron chi connectivity index (χ1n) is 5.44. The molecule has 0 aliphatic carbocycles. The van der Waals surface area contributed by atoms with Crippen LogP contribution in [-0.2, 0) is 4.79 Å². The Hall–Kier alpha value is -0.530. The standard InChI is InChI=1S/C11H21NO/c1-4-5-11(13)12-8-9(2)6-7-10(12)3/h9-10H,4-8H2,1-3H3. The highest BCUT2D eigenvalue weighted by Gasteiger charge is 2.25. The number of piperidine rings is 1. The molecule has 1 rings (SSSR count). The summed E-state index contributed by atoms with van der Waals surface area (Å²) < 4.78 is 0. The molecule has 13 heavy (non-hydrogen) atoms. The van der Waals surface area contributed by atoms with Crippen molar-refractivity contribution in [3.8, 4) is 0 Å². The van der Waals surface area contributed by atoms with E-state index in [1.165, 1.54) is 12.8 Å². The van der Waals surface area contributed by atoms with E-state index in [9.17, 15) is 4.79 Å². The van der Waals surface area contributed by atoms with Crippen molar-refractivity contribution >= 4 is 5.91 Å². The summed E-state index contributed by atoms with van der Waals surface area (Å²) >= 11 is 0. The summed E-state index contributed by atoms with van der Waals surface area (Å²) in [7, 11) is 0. The van der Waals surface area contributed by atoms with Gasteiger partial charge in [0.25, 0.3) is 0 Å². The number of hydrogen-bond donors (Lipinski definition) is 0. The third kappa shape index (κ3) is 2.71. The van der Waals surface area contributed by atoms with Crippen LogP contribution in [0.25, 0.3) is 0 Å². The van der Waals surface area contributed by atoms with Gasteiger partial charge in [-0.3, -0.25) is 4.79 Å². The molecular weight excluding hydrogens is 162 g/mol. The van der Waals surface area contributed by atoms with Crippen LogP contribution in [0.2, 0.25) is 0 Å². The van der Waals surface area contributed by atoms with Gasteiger partial charge in [-0.05, 0) is 32.1 Å². The molecule has 2 atom stereocenters. The first-order valence-corrected chi connectivity index (χ1v) is 5.44. The second-order valence-corrected chi connectivity index (χ2v) is 4.33. The smallest absolute Gasteiger partial charge is 0.222 e. The summed E-state index contributed by atoms with van der Waals surface area (Å²) in [6, 6.07) is 0.468. The fourth-order valence-corrected chi connectivity index (χ4v) is 1.99. The lowest BCUT2D eigenvalue weighted by Gasteiger charge is -2.36. The van der Waals surface area contributed by atoms with Crippen LogP contribution in [0, 0.1) is 5.92 Å². The van der Waals surface area contributed by atoms with Gasteiger partial charge in [0.2, 0.25) is 5.91 Å². The van der Waals surface area contributed by atoms with Crippen molar-refractivity contribution in [3.05, 3.63) is 0 Å². The third-order valence-corrected chi connectivity index (χ3v) is 2.90. The molecule has 2 nitrogen and oxygen atoms in total. The summed E-state index contributed by atoms with van der Waals surface area (Å²) in [6.07, 6.45) is 4.14. The molecule has 0 saturated carbocycles. The summed E-state index contributed by atoms with van der Waals surface area (Å²) in [5, 5.41) is 0. The lowest BCUT2D eigenvalue weighted by Crippen LogP contribution is -2.44. The number of amides is 1. The van der Waals surface area contributed by atoms with Crippen LogP contribution in [0.15, 0.2) is 0 Å². The number of rotatable bonds is 2. The molecule has 1 heterocycles. The summed E-state index contributed by atoms with van der Waals surface area (Å²) in [5.74, 6) is 1.04. The van der Waals surface area contributed by atoms with Crippen molar-refractivity contribution in [2.45, 2.75) is 52.5 Å². The Labute approximate surface area is 81.3 Å². The maximum absolute atomic E-state index is 11.7. The Bertz CT molecular complexity index is 179. The fraction of sp³-hybridized carbons (Fsp3) is 0.909. The maximum atomic E-state index is 11.7. The molecule has 0 aromatic carbocycles. The fourth-order valence-electron chi connectivity index (χ4n) is 1.99. The van der Waals surface area contributed by atoms with Crippen LogP contribution in [0.3, 0.4) is 0 Å². The molecule has 0 aromatic heterocycles. The van der Waals surface area contributed by atoms with E-state index < -0.39 is 0 Å². The predicted molar refractivity (Wildman–Crippen MR) is 54.5 cm³/mol. The van der Waals surface area contributed by atoms with Crippen molar-refractivity contribution in [2.24, 2.45) is 5.92 Å². The van der Waals surface area contributed by atoms with Crippen molar-refractivity contribution in [2.75, 3.05) is 6.54 Å². The van der Waals surface area contributed by atoms with Crippen LogP contribution < -0.4 is 0 Å². The first kappa shape index (κ1) is 10.6. The number of nitrogens with zero attached hydrogens (tertiary/aromatic N) is 1. The summed E-state index contributed by atoms with van der Waals surface area (Å²) in [6.45, 7) is 7.44. The molecule has 2 heteroatoms. The molecule has 1 saturated heterocycles. The van der Waals surface area contributed by atoms with E-state index in [-0.39, 0.29) is 0 Å². The topological polar surface area (TPSA) is 20.3 Å². The highest BCUT2D eigenvalue weighted by atomic mass is 16.2. The molecule has 0 N–H and O–H groups in total. The number of likely N-dealkylation sites (tertiary alicyclic amines) is 1. The van der Waals surface area contributed by atoms with Gasteiger partial charge in [-0.15, -0.1) is 0 Å². The lowest BCUT2D eigenvalue weighted by molar-refractivity contribution is -0.135. The molecule has 76 valence electrons. The number of carbonyl (C=O) groups is 1. The zero-order valence-electron chi connectivity index (χ0n) is 9.05. The largest absolute Gasteiger partial charge is 0.340 e. The third-order valence-electron chi connectivity index (χ3n) is 2.90. The molecule has 1 aliphatic rings. The Morgan fingerprint density at radius 2 is 2.08 bits per heavy atom. The molecule has 1 amide bonds. The van der Waals surface area contributed by atoms with Crippen molar-refractivity contribution in [3.63, 3.8) is 0 Å². The maximum Gasteiger partial charge on any atom is 0.222 e. The molecule has 0 radical (unpaired) electrons. The molecular formula is C11H21NO. The lowest BCUT2D eigenvalue weighted by atomic mass is 9.95. The van der Waals surface area contributed by atoms with Gasteiger partial charge in [-0.25, -0.2) is 0 Å². The van der Waals surface area contributed by atoms with Crippen LogP contribution in [-0.4, -0.2) is 23.4 Å². The minimum atomic E-state index is 0.349. The van der Waals surface area contributed by atoms with E-state index in [4.69, 9.17) is 0 Å². The van der Waals surface area contributed by atoms with E-state index in [2.05, 4.69) is 25.7 Å². The average Bonchev–Trinajstić information content (AvgIpc) is 2.09. The molecule has 0 bridgehead atoms. The van der Waals surface area contributed by atoms with Crippen LogP contribution in [0.1, 0.15) is 46.5 Å². The van der Waals surface area contributed by atoms with E-state index >= 15 is 0 Å². The van der Waals surface area contributed by atoms with E-state index in [0.717, 1.165) is 19.4 Å². The molecule has 2 unspecified atom stereocenters. The van der Waals surface area contributed by atoms with E-state index in [1.807, 2.05) is 0 Å². The normalized spacial score (nSPS) is 29.0. The minimum Gasteiger partial charge on any atom is -0.340 e. The quantitative estimate of drug-likeness (QED) is 0.644. The highest BCUT2D eigenvalue weighted by molar-refractivity contribution is 5.76. The monoisotopic (exact) mass is 183 g/mol. The van der Waals surface area contributed by atoms with Crippen molar-refractivity contribution < 1.29 is 4.79 Å². The van der Waals surface area contributed by atoms with Gasteiger partial charge in [0.15, 0.2) is 0 Å². The average molecular weight is 183 g/mol. The van der Waals surface area contributed by atoms with Gasteiger partial charge in [0.05, 0.1) is 0 Å². The first-order chi connectivity index (χ1) is 6.15. The van der Waals surface area contributed by atoms with Gasteiger partial charge in [-0.1, -0.05) is 13.8 Å². The summed E-state index contributed by atoms with van der Waals surface area (Å²) in [5.41, 5.74) is 0. The Morgan fingerprint density at radius 1 is 1.38 bits per heavy atom. The zero-order valence-corrected chi connectivity index (χ0v) is 9.05. The molecule has 1 fully saturated rings. The van der Waals surface area contributed by atoms with Gasteiger partial charge in [0, 0.05) is 19.0 Å². The van der Waals surface area contributed by atoms with Gasteiger partial charge in [-0.2, -0.15) is 0 Å². The molecule has 1 aliphatic heterocycles. The Kier molecular flexibility index (Phi) is 3.76. The van der Waals surface area contributed by atoms with Crippen molar-refractivity contribution in [1.82, 2.24) is 4.90 Å². The van der Waals surface area contributed by atoms with Crippen LogP contribution >= 0.6 is 0 Å². The van der Waals surface area contributed by atoms with Gasteiger partial charge in [0.1, 0.15) is 0 Å². The Morgan fingerprint density at radius 3 is 2.69 bits per heavy atom. The van der Waals surface area contributed by atoms with Crippen molar-refractivity contribution in [1.29, 1.82) is 0 Å². The van der Waals surface area contributed by atoms with Crippen LogP contribution in [0.4, 0.5) is 0 Å². The second kappa shape index (κ2) is 4.64. The van der Waals surface area contributed by atoms with Crippen LogP contribution in [0.5, 0.6) is 0 Å². The number of carbonyl (C=O) groups excluding carboxylic acids is 1. The van der Waals surface area contributed by atoms with E-state index in [0.29, 0.717) is 17.9 Å². The number of hydrogen-bond acceptors (Lipinski definition) is 1. The highest BCUT2D eigenvalue weighted by Crippen LogP contribution is 2.21. The molecule has 0 spiro atoms. The molecule has 0 aromatic rings. The second-order valence-electron chi connectivity index (χ2n) is 4.33. The van der Waals surface area contributed by atoms with E-state index in [1.54, 1.807) is 0 Å². The SMILES string of the molecule is CCCC(=O)N1CC(C)CCC1C.